The lowest BCUT2D eigenvalue weighted by atomic mass is 9.81. The van der Waals surface area contributed by atoms with E-state index in [1.54, 1.807) is 14.2 Å². The lowest BCUT2D eigenvalue weighted by Crippen LogP contribution is -2.14. The maximum Gasteiger partial charge on any atom is 0.453 e. The van der Waals surface area contributed by atoms with E-state index in [1.165, 1.54) is 0 Å². The molecular formula is C44H57O6P. The van der Waals surface area contributed by atoms with Crippen molar-refractivity contribution in [2.75, 3.05) is 14.2 Å². The zero-order valence-corrected chi connectivity index (χ0v) is 34.4. The van der Waals surface area contributed by atoms with Crippen molar-refractivity contribution >= 4 is 30.2 Å². The van der Waals surface area contributed by atoms with Crippen LogP contribution in [0.5, 0.6) is 23.0 Å². The number of aromatic hydroxyl groups is 1. The Kier molecular flexibility index (Phi) is 9.88. The average molecular weight is 713 g/mol. The van der Waals surface area contributed by atoms with Crippen LogP contribution in [-0.4, -0.2) is 19.3 Å². The third kappa shape index (κ3) is 7.63. The second-order valence-electron chi connectivity index (χ2n) is 18.0. The number of phenols is 1. The third-order valence-electron chi connectivity index (χ3n) is 9.39. The average Bonchev–Trinajstić information content (AvgIpc) is 3.15. The van der Waals surface area contributed by atoms with Crippen LogP contribution in [0.15, 0.2) is 56.9 Å². The van der Waals surface area contributed by atoms with Crippen LogP contribution in [0.3, 0.4) is 0 Å². The second kappa shape index (κ2) is 13.2. The molecule has 0 fully saturated rings. The molecule has 0 aliphatic rings. The number of hydrogen-bond donors (Lipinski definition) is 1. The highest BCUT2D eigenvalue weighted by Gasteiger charge is 2.30. The van der Waals surface area contributed by atoms with Crippen molar-refractivity contribution < 1.29 is 27.5 Å². The van der Waals surface area contributed by atoms with Crippen LogP contribution in [0.1, 0.15) is 116 Å². The normalized spacial score (nSPS) is 13.1. The van der Waals surface area contributed by atoms with Gasteiger partial charge in [0.1, 0.15) is 34.2 Å². The molecule has 1 unspecified atom stereocenters. The largest absolute Gasteiger partial charge is 0.507 e. The SMILES string of the molecule is COc1cc(-c2cc(C)cc(C(C)(C)C)c2Op2oc3c(C(C)(C)C)cc(C)cc3c3cc(OC)cc(C(C)(C)C)c3o2)c(O)c(C(C)(C)C)c1. The van der Waals surface area contributed by atoms with Gasteiger partial charge in [-0.15, -0.1) is 0 Å². The minimum atomic E-state index is -2.08. The van der Waals surface area contributed by atoms with Crippen molar-refractivity contribution in [2.24, 2.45) is 0 Å². The molecule has 7 heteroatoms. The van der Waals surface area contributed by atoms with E-state index in [-0.39, 0.29) is 27.4 Å². The predicted molar refractivity (Wildman–Crippen MR) is 213 cm³/mol. The van der Waals surface area contributed by atoms with Crippen molar-refractivity contribution in [2.45, 2.75) is 119 Å². The molecule has 0 saturated heterocycles. The summed E-state index contributed by atoms with van der Waals surface area (Å²) in [4.78, 5) is 0. The highest BCUT2D eigenvalue weighted by atomic mass is 31.1. The summed E-state index contributed by atoms with van der Waals surface area (Å²) in [5.74, 6) is 2.19. The molecule has 1 aromatic heterocycles. The predicted octanol–water partition coefficient (Wildman–Crippen LogP) is 13.3. The van der Waals surface area contributed by atoms with E-state index in [4.69, 9.17) is 22.4 Å². The van der Waals surface area contributed by atoms with E-state index in [9.17, 15) is 5.11 Å². The lowest BCUT2D eigenvalue weighted by molar-refractivity contribution is 0.406. The summed E-state index contributed by atoms with van der Waals surface area (Å²) >= 11 is 0. The highest BCUT2D eigenvalue weighted by molar-refractivity contribution is 7.32. The fourth-order valence-corrected chi connectivity index (χ4v) is 7.76. The van der Waals surface area contributed by atoms with E-state index in [1.807, 2.05) is 18.2 Å². The molecule has 6 nitrogen and oxygen atoms in total. The first-order chi connectivity index (χ1) is 23.4. The standard InChI is InChI=1S/C44H57O6P/c1-25-17-30(29-21-27(46-15)23-33(37(29)45)41(3,4)5)38(34(19-25)42(6,7)8)48-51-49-39-31(18-26(2)20-35(39)43(9,10)11)32-22-28(47-16)24-36(40(32)50-51)44(12,13)14/h17-24,45H,1-16H3. The number of phenolic OH excluding ortho intramolecular Hbond substituents is 1. The molecule has 5 rings (SSSR count). The van der Waals surface area contributed by atoms with Gasteiger partial charge in [-0.05, 0) is 83.0 Å². The van der Waals surface area contributed by atoms with E-state index >= 15 is 0 Å². The van der Waals surface area contributed by atoms with Gasteiger partial charge in [0.25, 0.3) is 0 Å². The molecule has 0 aliphatic heterocycles. The Hall–Kier alpha value is -4.02. The van der Waals surface area contributed by atoms with Gasteiger partial charge in [0, 0.05) is 44.2 Å². The molecule has 0 aliphatic carbocycles. The topological polar surface area (TPSA) is 74.2 Å². The molecule has 0 spiro atoms. The van der Waals surface area contributed by atoms with Crippen molar-refractivity contribution in [3.05, 3.63) is 81.9 Å². The van der Waals surface area contributed by atoms with Crippen LogP contribution in [0.4, 0.5) is 0 Å². The molecule has 51 heavy (non-hydrogen) atoms. The first-order valence-electron chi connectivity index (χ1n) is 17.7. The summed E-state index contributed by atoms with van der Waals surface area (Å²) in [5.41, 5.74) is 7.58. The summed E-state index contributed by atoms with van der Waals surface area (Å²) < 4.78 is 32.9. The summed E-state index contributed by atoms with van der Waals surface area (Å²) in [6.07, 6.45) is 0. The molecule has 4 aromatic carbocycles. The number of methoxy groups -OCH3 is 2. The van der Waals surface area contributed by atoms with Gasteiger partial charge >= 0.3 is 8.24 Å². The van der Waals surface area contributed by atoms with Crippen molar-refractivity contribution in [3.63, 3.8) is 0 Å². The van der Waals surface area contributed by atoms with Gasteiger partial charge in [-0.3, -0.25) is 0 Å². The lowest BCUT2D eigenvalue weighted by Gasteiger charge is -2.27. The number of rotatable bonds is 5. The Morgan fingerprint density at radius 1 is 0.510 bits per heavy atom. The highest BCUT2D eigenvalue weighted by Crippen LogP contribution is 2.51. The van der Waals surface area contributed by atoms with Crippen LogP contribution in [0.25, 0.3) is 33.1 Å². The van der Waals surface area contributed by atoms with Crippen LogP contribution < -0.4 is 14.0 Å². The number of fused-ring (bicyclic) bond motifs is 3. The maximum atomic E-state index is 12.0. The molecule has 1 heterocycles. The van der Waals surface area contributed by atoms with Gasteiger partial charge in [-0.2, -0.15) is 0 Å². The Labute approximate surface area is 305 Å². The minimum absolute atomic E-state index is 0.192. The number of aryl methyl sites for hydroxylation is 2. The van der Waals surface area contributed by atoms with Crippen LogP contribution >= 0.6 is 8.24 Å². The Morgan fingerprint density at radius 3 is 1.45 bits per heavy atom. The molecule has 1 atom stereocenters. The summed E-state index contributed by atoms with van der Waals surface area (Å²) in [6, 6.07) is 16.5. The maximum absolute atomic E-state index is 12.0. The van der Waals surface area contributed by atoms with Crippen molar-refractivity contribution in [3.8, 4) is 34.1 Å². The van der Waals surface area contributed by atoms with Crippen LogP contribution in [0.2, 0.25) is 0 Å². The fraction of sp³-hybridized carbons (Fsp3) is 0.455. The fourth-order valence-electron chi connectivity index (χ4n) is 6.62. The Balaban J connectivity index is 1.99. The summed E-state index contributed by atoms with van der Waals surface area (Å²) in [6.45, 7) is 30.1. The minimum Gasteiger partial charge on any atom is -0.507 e. The molecular weight excluding hydrogens is 655 g/mol. The molecule has 5 aromatic rings. The van der Waals surface area contributed by atoms with Crippen molar-refractivity contribution in [1.82, 2.24) is 0 Å². The number of benzene rings is 4. The monoisotopic (exact) mass is 712 g/mol. The van der Waals surface area contributed by atoms with E-state index in [0.717, 1.165) is 61.0 Å². The number of ether oxygens (including phenoxy) is 2. The Bertz CT molecular complexity index is 2160. The van der Waals surface area contributed by atoms with E-state index in [0.29, 0.717) is 22.6 Å². The number of hydrogen-bond acceptors (Lipinski definition) is 6. The third-order valence-corrected chi connectivity index (χ3v) is 10.4. The molecule has 0 bridgehead atoms. The molecule has 0 saturated carbocycles. The molecule has 0 radical (unpaired) electrons. The van der Waals surface area contributed by atoms with Gasteiger partial charge in [0.15, 0.2) is 0 Å². The van der Waals surface area contributed by atoms with Crippen LogP contribution in [-0.2, 0) is 21.7 Å². The van der Waals surface area contributed by atoms with Gasteiger partial charge in [-0.25, -0.2) is 0 Å². The first-order valence-corrected chi connectivity index (χ1v) is 18.8. The van der Waals surface area contributed by atoms with Gasteiger partial charge in [-0.1, -0.05) is 95.2 Å². The smallest absolute Gasteiger partial charge is 0.453 e. The first kappa shape index (κ1) is 38.2. The summed E-state index contributed by atoms with van der Waals surface area (Å²) in [7, 11) is 1.27. The van der Waals surface area contributed by atoms with E-state index in [2.05, 4.69) is 127 Å². The van der Waals surface area contributed by atoms with Crippen LogP contribution in [0, 0.1) is 13.8 Å². The Morgan fingerprint density at radius 2 is 0.941 bits per heavy atom. The zero-order chi connectivity index (χ0) is 38.0. The molecule has 274 valence electrons. The molecule has 1 N–H and O–H groups in total. The zero-order valence-electron chi connectivity index (χ0n) is 33.6. The quantitative estimate of drug-likeness (QED) is 0.196. The van der Waals surface area contributed by atoms with Gasteiger partial charge < -0.3 is 27.5 Å². The van der Waals surface area contributed by atoms with E-state index < -0.39 is 8.24 Å². The summed E-state index contributed by atoms with van der Waals surface area (Å²) in [5, 5.41) is 13.8. The van der Waals surface area contributed by atoms with Gasteiger partial charge in [0.05, 0.1) is 14.2 Å². The van der Waals surface area contributed by atoms with Gasteiger partial charge in [0.2, 0.25) is 0 Å². The second-order valence-corrected chi connectivity index (χ2v) is 19.0. The van der Waals surface area contributed by atoms with Crippen molar-refractivity contribution in [1.29, 1.82) is 0 Å². The molecule has 0 amide bonds.